The van der Waals surface area contributed by atoms with Crippen molar-refractivity contribution in [2.75, 3.05) is 19.8 Å². The van der Waals surface area contributed by atoms with Crippen molar-refractivity contribution in [2.24, 2.45) is 0 Å². The lowest BCUT2D eigenvalue weighted by Crippen LogP contribution is -2.29. The van der Waals surface area contributed by atoms with Crippen LogP contribution in [0.1, 0.15) is 44.6 Å². The summed E-state index contributed by atoms with van der Waals surface area (Å²) in [6, 6.07) is 3.65. The normalized spacial score (nSPS) is 23.1. The monoisotopic (exact) mass is 332 g/mol. The van der Waals surface area contributed by atoms with Crippen LogP contribution in [0.4, 0.5) is 0 Å². The Morgan fingerprint density at radius 2 is 1.86 bits per heavy atom. The van der Waals surface area contributed by atoms with Crippen molar-refractivity contribution in [3.8, 4) is 11.5 Å². The lowest BCUT2D eigenvalue weighted by atomic mass is 9.92. The van der Waals surface area contributed by atoms with E-state index in [1.54, 1.807) is 6.07 Å². The highest BCUT2D eigenvalue weighted by Gasteiger charge is 2.39. The van der Waals surface area contributed by atoms with Crippen molar-refractivity contribution in [3.05, 3.63) is 22.7 Å². The first kappa shape index (κ1) is 16.7. The Balaban J connectivity index is 2.36. The third-order valence-electron chi connectivity index (χ3n) is 3.72. The number of alkyl halides is 1. The van der Waals surface area contributed by atoms with Crippen LogP contribution in [-0.4, -0.2) is 25.4 Å². The molecule has 0 aliphatic carbocycles. The summed E-state index contributed by atoms with van der Waals surface area (Å²) in [5.41, 5.74) is 0.441. The molecular formula is C16H22Cl2O3. The molecule has 0 saturated carbocycles. The molecule has 3 nitrogen and oxygen atoms in total. The van der Waals surface area contributed by atoms with Crippen molar-refractivity contribution < 1.29 is 14.2 Å². The Kier molecular flexibility index (Phi) is 5.64. The molecule has 118 valence electrons. The van der Waals surface area contributed by atoms with Crippen molar-refractivity contribution in [3.63, 3.8) is 0 Å². The fourth-order valence-corrected chi connectivity index (χ4v) is 3.28. The maximum atomic E-state index is 6.65. The fraction of sp³-hybridized carbons (Fsp3) is 0.625. The number of halogens is 2. The van der Waals surface area contributed by atoms with Gasteiger partial charge in [0, 0.05) is 17.7 Å². The Labute approximate surface area is 136 Å². The summed E-state index contributed by atoms with van der Waals surface area (Å²) in [5.74, 6) is 1.32. The molecule has 2 rings (SSSR count). The van der Waals surface area contributed by atoms with E-state index in [-0.39, 0.29) is 11.0 Å². The van der Waals surface area contributed by atoms with Crippen molar-refractivity contribution in [1.29, 1.82) is 0 Å². The number of benzene rings is 1. The zero-order valence-electron chi connectivity index (χ0n) is 12.7. The first-order valence-corrected chi connectivity index (χ1v) is 8.20. The van der Waals surface area contributed by atoms with Crippen LogP contribution in [0.2, 0.25) is 5.02 Å². The van der Waals surface area contributed by atoms with Crippen LogP contribution in [0.5, 0.6) is 11.5 Å². The summed E-state index contributed by atoms with van der Waals surface area (Å²) in [6.45, 7) is 7.75. The molecule has 0 spiro atoms. The van der Waals surface area contributed by atoms with E-state index in [4.69, 9.17) is 37.4 Å². The second-order valence-corrected chi connectivity index (χ2v) is 6.16. The summed E-state index contributed by atoms with van der Waals surface area (Å²) in [5, 5.41) is 0.265. The molecule has 1 aliphatic heterocycles. The molecule has 2 unspecified atom stereocenters. The minimum absolute atomic E-state index is 0.317. The Bertz CT molecular complexity index is 485. The number of ether oxygens (including phenoxy) is 3. The molecule has 1 aromatic rings. The zero-order valence-corrected chi connectivity index (χ0v) is 14.3. The third kappa shape index (κ3) is 3.58. The Morgan fingerprint density at radius 3 is 2.38 bits per heavy atom. The molecule has 1 aliphatic rings. The zero-order chi connectivity index (χ0) is 15.5. The van der Waals surface area contributed by atoms with Crippen LogP contribution >= 0.6 is 23.2 Å². The average molecular weight is 333 g/mol. The Hall–Kier alpha value is -0.640. The van der Waals surface area contributed by atoms with Gasteiger partial charge >= 0.3 is 0 Å². The third-order valence-corrected chi connectivity index (χ3v) is 4.75. The summed E-state index contributed by atoms with van der Waals surface area (Å²) in [6.07, 6.45) is 1.95. The van der Waals surface area contributed by atoms with Gasteiger partial charge in [0.2, 0.25) is 0 Å². The highest BCUT2D eigenvalue weighted by atomic mass is 35.5. The van der Waals surface area contributed by atoms with Crippen LogP contribution in [0, 0.1) is 0 Å². The van der Waals surface area contributed by atoms with E-state index in [2.05, 4.69) is 0 Å². The molecule has 0 aromatic heterocycles. The van der Waals surface area contributed by atoms with Gasteiger partial charge in [0.05, 0.1) is 24.2 Å². The predicted molar refractivity (Wildman–Crippen MR) is 86.0 cm³/mol. The smallest absolute Gasteiger partial charge is 0.162 e. The SMILES string of the molecule is CCOc1cc(Cl)c(C(Cl)C2(C)CCCO2)cc1OCC. The lowest BCUT2D eigenvalue weighted by molar-refractivity contribution is 0.0164. The van der Waals surface area contributed by atoms with Crippen LogP contribution in [-0.2, 0) is 4.74 Å². The van der Waals surface area contributed by atoms with E-state index >= 15 is 0 Å². The molecular weight excluding hydrogens is 311 g/mol. The summed E-state index contributed by atoms with van der Waals surface area (Å²) in [7, 11) is 0. The van der Waals surface area contributed by atoms with E-state index in [1.807, 2.05) is 26.8 Å². The van der Waals surface area contributed by atoms with Crippen LogP contribution in [0.25, 0.3) is 0 Å². The van der Waals surface area contributed by atoms with Gasteiger partial charge in [-0.15, -0.1) is 11.6 Å². The molecule has 0 amide bonds. The summed E-state index contributed by atoms with van der Waals surface area (Å²) < 4.78 is 17.0. The van der Waals surface area contributed by atoms with Crippen LogP contribution < -0.4 is 9.47 Å². The second-order valence-electron chi connectivity index (χ2n) is 5.31. The molecule has 0 radical (unpaired) electrons. The van der Waals surface area contributed by atoms with Gasteiger partial charge in [-0.05, 0) is 45.2 Å². The molecule has 21 heavy (non-hydrogen) atoms. The molecule has 2 atom stereocenters. The van der Waals surface area contributed by atoms with E-state index in [0.717, 1.165) is 25.0 Å². The first-order valence-electron chi connectivity index (χ1n) is 7.39. The standard InChI is InChI=1S/C16H22Cl2O3/c1-4-19-13-9-11(12(17)10-14(13)20-5-2)15(18)16(3)7-6-8-21-16/h9-10,15H,4-8H2,1-3H3. The minimum atomic E-state index is -0.387. The topological polar surface area (TPSA) is 27.7 Å². The van der Waals surface area contributed by atoms with Gasteiger partial charge in [0.1, 0.15) is 0 Å². The fourth-order valence-electron chi connectivity index (χ4n) is 2.61. The molecule has 1 aromatic carbocycles. The van der Waals surface area contributed by atoms with Gasteiger partial charge in [0.25, 0.3) is 0 Å². The van der Waals surface area contributed by atoms with E-state index < -0.39 is 0 Å². The van der Waals surface area contributed by atoms with E-state index in [9.17, 15) is 0 Å². The van der Waals surface area contributed by atoms with Crippen LogP contribution in [0.3, 0.4) is 0 Å². The molecule has 0 N–H and O–H groups in total. The lowest BCUT2D eigenvalue weighted by Gasteiger charge is -2.30. The average Bonchev–Trinajstić information content (AvgIpc) is 2.89. The summed E-state index contributed by atoms with van der Waals surface area (Å²) in [4.78, 5) is 0. The highest BCUT2D eigenvalue weighted by Crippen LogP contribution is 2.46. The van der Waals surface area contributed by atoms with Gasteiger partial charge in [0.15, 0.2) is 11.5 Å². The van der Waals surface area contributed by atoms with Gasteiger partial charge in [-0.25, -0.2) is 0 Å². The van der Waals surface area contributed by atoms with E-state index in [1.165, 1.54) is 0 Å². The second kappa shape index (κ2) is 7.08. The number of hydrogen-bond donors (Lipinski definition) is 0. The highest BCUT2D eigenvalue weighted by molar-refractivity contribution is 6.33. The van der Waals surface area contributed by atoms with Gasteiger partial charge in [-0.1, -0.05) is 11.6 Å². The minimum Gasteiger partial charge on any atom is -0.490 e. The number of rotatable bonds is 6. The molecule has 1 saturated heterocycles. The molecule has 0 bridgehead atoms. The largest absolute Gasteiger partial charge is 0.490 e. The van der Waals surface area contributed by atoms with Crippen LogP contribution in [0.15, 0.2) is 12.1 Å². The maximum Gasteiger partial charge on any atom is 0.162 e. The quantitative estimate of drug-likeness (QED) is 0.687. The molecule has 1 fully saturated rings. The number of hydrogen-bond acceptors (Lipinski definition) is 3. The predicted octanol–water partition coefficient (Wildman–Crippen LogP) is 4.99. The summed E-state index contributed by atoms with van der Waals surface area (Å²) >= 11 is 13.1. The maximum absolute atomic E-state index is 6.65. The van der Waals surface area contributed by atoms with Gasteiger partial charge in [-0.3, -0.25) is 0 Å². The van der Waals surface area contributed by atoms with Crippen molar-refractivity contribution >= 4 is 23.2 Å². The van der Waals surface area contributed by atoms with Crippen molar-refractivity contribution in [1.82, 2.24) is 0 Å². The van der Waals surface area contributed by atoms with E-state index in [0.29, 0.717) is 29.7 Å². The van der Waals surface area contributed by atoms with Gasteiger partial charge < -0.3 is 14.2 Å². The Morgan fingerprint density at radius 1 is 1.24 bits per heavy atom. The molecule has 5 heteroatoms. The van der Waals surface area contributed by atoms with Crippen molar-refractivity contribution in [2.45, 2.75) is 44.6 Å². The van der Waals surface area contributed by atoms with Gasteiger partial charge in [-0.2, -0.15) is 0 Å². The molecule has 1 heterocycles. The first-order chi connectivity index (χ1) is 10.0.